The van der Waals surface area contributed by atoms with Gasteiger partial charge < -0.3 is 21.7 Å². The third kappa shape index (κ3) is 4.89. The first-order chi connectivity index (χ1) is 12.4. The third-order valence-corrected chi connectivity index (χ3v) is 3.80. The Morgan fingerprint density at radius 2 is 1.15 bits per heavy atom. The van der Waals surface area contributed by atoms with Gasteiger partial charge in [0.15, 0.2) is 0 Å². The van der Waals surface area contributed by atoms with Gasteiger partial charge in [0.1, 0.15) is 0 Å². The van der Waals surface area contributed by atoms with Gasteiger partial charge in [-0.3, -0.25) is 0 Å². The van der Waals surface area contributed by atoms with Crippen LogP contribution in [0.3, 0.4) is 0 Å². The molecule has 0 atom stereocenters. The number of fused-ring (bicyclic) bond motifs is 1. The lowest BCUT2D eigenvalue weighted by molar-refractivity contribution is 0.0687. The lowest BCUT2D eigenvalue weighted by Crippen LogP contribution is -2.00. The molecule has 0 amide bonds. The molecular weight excluding hydrogens is 332 g/mol. The van der Waals surface area contributed by atoms with Gasteiger partial charge >= 0.3 is 11.9 Å². The summed E-state index contributed by atoms with van der Waals surface area (Å²) in [6, 6.07) is 17.2. The van der Waals surface area contributed by atoms with Crippen LogP contribution in [-0.2, 0) is 13.1 Å². The Bertz CT molecular complexity index is 870. The average molecular weight is 352 g/mol. The summed E-state index contributed by atoms with van der Waals surface area (Å²) in [6.45, 7) is 1.18. The summed E-state index contributed by atoms with van der Waals surface area (Å²) in [4.78, 5) is 21.5. The lowest BCUT2D eigenvalue weighted by Gasteiger charge is -2.01. The predicted octanol–water partition coefficient (Wildman–Crippen LogP) is 2.84. The lowest BCUT2D eigenvalue weighted by atomic mass is 10.0. The molecule has 134 valence electrons. The molecule has 0 aliphatic heterocycles. The van der Waals surface area contributed by atoms with Crippen LogP contribution >= 0.6 is 0 Å². The number of rotatable bonds is 4. The van der Waals surface area contributed by atoms with Crippen LogP contribution in [0.1, 0.15) is 31.8 Å². The molecule has 0 aliphatic rings. The largest absolute Gasteiger partial charge is 0.478 e. The van der Waals surface area contributed by atoms with E-state index in [1.165, 1.54) is 24.3 Å². The number of carbonyl (C=O) groups is 2. The monoisotopic (exact) mass is 352 g/mol. The van der Waals surface area contributed by atoms with E-state index in [-0.39, 0.29) is 11.1 Å². The maximum absolute atomic E-state index is 10.7. The van der Waals surface area contributed by atoms with Crippen LogP contribution in [0.4, 0.5) is 0 Å². The zero-order valence-corrected chi connectivity index (χ0v) is 14.1. The molecule has 3 aromatic carbocycles. The van der Waals surface area contributed by atoms with Crippen LogP contribution in [0.5, 0.6) is 0 Å². The maximum atomic E-state index is 10.7. The van der Waals surface area contributed by atoms with Crippen LogP contribution in [-0.4, -0.2) is 22.2 Å². The Morgan fingerprint density at radius 1 is 0.692 bits per heavy atom. The smallest absolute Gasteiger partial charge is 0.335 e. The van der Waals surface area contributed by atoms with E-state index in [0.717, 1.165) is 16.5 Å². The van der Waals surface area contributed by atoms with Gasteiger partial charge in [0.25, 0.3) is 0 Å². The molecule has 0 saturated heterocycles. The van der Waals surface area contributed by atoms with E-state index in [1.807, 2.05) is 24.3 Å². The molecule has 0 spiro atoms. The van der Waals surface area contributed by atoms with Crippen molar-refractivity contribution in [2.24, 2.45) is 11.5 Å². The van der Waals surface area contributed by atoms with Crippen molar-refractivity contribution >= 4 is 22.7 Å². The molecule has 0 radical (unpaired) electrons. The molecule has 0 aliphatic carbocycles. The van der Waals surface area contributed by atoms with E-state index in [9.17, 15) is 9.59 Å². The topological polar surface area (TPSA) is 127 Å². The van der Waals surface area contributed by atoms with Crippen LogP contribution in [0.25, 0.3) is 10.8 Å². The van der Waals surface area contributed by atoms with E-state index in [4.69, 9.17) is 21.7 Å². The molecule has 0 saturated carbocycles. The van der Waals surface area contributed by atoms with Gasteiger partial charge in [-0.1, -0.05) is 36.4 Å². The van der Waals surface area contributed by atoms with Crippen LogP contribution < -0.4 is 11.5 Å². The minimum Gasteiger partial charge on any atom is -0.478 e. The zero-order valence-electron chi connectivity index (χ0n) is 14.1. The fraction of sp³-hybridized carbons (Fsp3) is 0.100. The highest BCUT2D eigenvalue weighted by Gasteiger charge is 2.06. The Kier molecular flexibility index (Phi) is 6.43. The average Bonchev–Trinajstić information content (AvgIpc) is 2.67. The minimum absolute atomic E-state index is 0.148. The summed E-state index contributed by atoms with van der Waals surface area (Å²) in [7, 11) is 0. The fourth-order valence-electron chi connectivity index (χ4n) is 2.40. The van der Waals surface area contributed by atoms with Gasteiger partial charge in [-0.2, -0.15) is 0 Å². The first-order valence-corrected chi connectivity index (χ1v) is 7.93. The molecule has 0 fully saturated rings. The Hall–Kier alpha value is -3.22. The van der Waals surface area contributed by atoms with Crippen molar-refractivity contribution in [2.75, 3.05) is 0 Å². The minimum atomic E-state index is -1.03. The molecular formula is C20H20N2O4. The van der Waals surface area contributed by atoms with Crippen molar-refractivity contribution in [3.8, 4) is 0 Å². The number of aromatic carboxylic acids is 2. The molecule has 6 N–H and O–H groups in total. The summed E-state index contributed by atoms with van der Waals surface area (Å²) < 4.78 is 0. The van der Waals surface area contributed by atoms with Crippen molar-refractivity contribution in [3.63, 3.8) is 0 Å². The number of carboxylic acids is 2. The quantitative estimate of drug-likeness (QED) is 0.572. The third-order valence-electron chi connectivity index (χ3n) is 3.80. The highest BCUT2D eigenvalue weighted by atomic mass is 16.4. The second-order valence-electron chi connectivity index (χ2n) is 5.62. The van der Waals surface area contributed by atoms with Gasteiger partial charge in [0.05, 0.1) is 11.1 Å². The fourth-order valence-corrected chi connectivity index (χ4v) is 2.40. The van der Waals surface area contributed by atoms with Crippen molar-refractivity contribution < 1.29 is 19.8 Å². The van der Waals surface area contributed by atoms with Crippen molar-refractivity contribution in [1.29, 1.82) is 0 Å². The first-order valence-electron chi connectivity index (χ1n) is 7.93. The molecule has 0 bridgehead atoms. The van der Waals surface area contributed by atoms with E-state index in [1.54, 1.807) is 12.1 Å². The van der Waals surface area contributed by atoms with E-state index < -0.39 is 11.9 Å². The number of benzene rings is 3. The number of hydrogen-bond donors (Lipinski definition) is 4. The van der Waals surface area contributed by atoms with Gasteiger partial charge in [0.2, 0.25) is 0 Å². The van der Waals surface area contributed by atoms with Gasteiger partial charge in [-0.15, -0.1) is 0 Å². The molecule has 0 heterocycles. The maximum Gasteiger partial charge on any atom is 0.335 e. The molecule has 3 aromatic rings. The number of nitrogens with two attached hydrogens (primary N) is 2. The van der Waals surface area contributed by atoms with Gasteiger partial charge in [-0.05, 0) is 46.2 Å². The van der Waals surface area contributed by atoms with Crippen molar-refractivity contribution in [1.82, 2.24) is 0 Å². The molecule has 6 nitrogen and oxygen atoms in total. The summed E-state index contributed by atoms with van der Waals surface area (Å²) in [6.07, 6.45) is 0. The first kappa shape index (κ1) is 19.1. The second-order valence-corrected chi connectivity index (χ2v) is 5.62. The highest BCUT2D eigenvalue weighted by Crippen LogP contribution is 2.18. The number of carboxylic acid groups (broad SMARTS) is 2. The molecule has 26 heavy (non-hydrogen) atoms. The summed E-state index contributed by atoms with van der Waals surface area (Å²) >= 11 is 0. The normalized spacial score (nSPS) is 10.1. The van der Waals surface area contributed by atoms with Gasteiger partial charge in [-0.25, -0.2) is 9.59 Å². The number of hydrogen-bond acceptors (Lipinski definition) is 4. The van der Waals surface area contributed by atoms with E-state index in [0.29, 0.717) is 18.5 Å². The zero-order chi connectivity index (χ0) is 19.1. The second kappa shape index (κ2) is 8.75. The van der Waals surface area contributed by atoms with Crippen LogP contribution in [0.15, 0.2) is 60.7 Å². The molecule has 0 unspecified atom stereocenters. The van der Waals surface area contributed by atoms with E-state index in [2.05, 4.69) is 0 Å². The summed E-state index contributed by atoms with van der Waals surface area (Å²) in [5, 5.41) is 19.0. The van der Waals surface area contributed by atoms with Crippen molar-refractivity contribution in [3.05, 3.63) is 82.9 Å². The Balaban J connectivity index is 0.000000209. The SMILES string of the molecule is NCc1cccc(CN)c1.O=C(O)c1ccc2ccc(C(=O)O)cc2c1. The standard InChI is InChI=1S/C12H8O4.C8H12N2/c13-11(14)8-3-1-7-2-4-9(12(15)16)6-10(7)5-8;9-5-7-2-1-3-8(4-7)6-10/h1-6H,(H,13,14)(H,15,16);1-4H,5-6,9-10H2. The van der Waals surface area contributed by atoms with E-state index >= 15 is 0 Å². The highest BCUT2D eigenvalue weighted by molar-refractivity contribution is 5.98. The van der Waals surface area contributed by atoms with Crippen LogP contribution in [0.2, 0.25) is 0 Å². The van der Waals surface area contributed by atoms with Crippen LogP contribution in [0, 0.1) is 0 Å². The summed E-state index contributed by atoms with van der Waals surface area (Å²) in [5.74, 6) is -2.05. The van der Waals surface area contributed by atoms with Crippen molar-refractivity contribution in [2.45, 2.75) is 13.1 Å². The van der Waals surface area contributed by atoms with Gasteiger partial charge in [0, 0.05) is 13.1 Å². The summed E-state index contributed by atoms with van der Waals surface area (Å²) in [5.41, 5.74) is 13.4. The molecule has 3 rings (SSSR count). The Morgan fingerprint density at radius 3 is 1.54 bits per heavy atom. The molecule has 6 heteroatoms. The predicted molar refractivity (Wildman–Crippen MR) is 100 cm³/mol. The Labute approximate surface area is 150 Å². The molecule has 0 aromatic heterocycles.